The van der Waals surface area contributed by atoms with E-state index in [-0.39, 0.29) is 17.4 Å². The molecule has 0 atom stereocenters. The molecule has 7 nitrogen and oxygen atoms in total. The molecule has 0 unspecified atom stereocenters. The number of pyridine rings is 1. The number of benzene rings is 3. The molecule has 5 rings (SSSR count). The van der Waals surface area contributed by atoms with Gasteiger partial charge in [0.05, 0.1) is 16.4 Å². The first-order valence-corrected chi connectivity index (χ1v) is 9.69. The predicted octanol–water partition coefficient (Wildman–Crippen LogP) is 3.90. The molecule has 3 N–H and O–H groups in total. The molecule has 0 radical (unpaired) electrons. The van der Waals surface area contributed by atoms with E-state index in [1.165, 1.54) is 0 Å². The number of H-pyrrole nitrogens is 1. The van der Waals surface area contributed by atoms with Crippen molar-refractivity contribution in [3.05, 3.63) is 101 Å². The Balaban J connectivity index is 1.34. The first kappa shape index (κ1) is 18.5. The highest BCUT2D eigenvalue weighted by Gasteiger charge is 2.09. The second-order valence-electron chi connectivity index (χ2n) is 6.97. The topological polar surface area (TPSA) is 99.8 Å². The lowest BCUT2D eigenvalue weighted by atomic mass is 10.0. The Morgan fingerprint density at radius 1 is 0.871 bits per heavy atom. The molecular formula is C24H17N5O2. The molecule has 0 bridgehead atoms. The molecule has 5 aromatic rings. The summed E-state index contributed by atoms with van der Waals surface area (Å²) in [5, 5.41) is 1.54. The molecule has 31 heavy (non-hydrogen) atoms. The van der Waals surface area contributed by atoms with E-state index in [9.17, 15) is 9.59 Å². The molecule has 7 heteroatoms. The number of anilines is 1. The number of hydrogen-bond donors (Lipinski definition) is 3. The summed E-state index contributed by atoms with van der Waals surface area (Å²) >= 11 is 0. The van der Waals surface area contributed by atoms with Gasteiger partial charge in [-0.2, -0.15) is 0 Å². The number of amides is 1. The Labute approximate surface area is 176 Å². The number of carbonyl (C=O) groups excluding carboxylic acids is 1. The monoisotopic (exact) mass is 407 g/mol. The third-order valence-corrected chi connectivity index (χ3v) is 5.00. The van der Waals surface area contributed by atoms with E-state index in [1.807, 2.05) is 42.5 Å². The third kappa shape index (κ3) is 3.60. The van der Waals surface area contributed by atoms with Crippen molar-refractivity contribution in [1.82, 2.24) is 20.4 Å². The second-order valence-corrected chi connectivity index (χ2v) is 6.97. The second kappa shape index (κ2) is 7.72. The van der Waals surface area contributed by atoms with Gasteiger partial charge < -0.3 is 0 Å². The van der Waals surface area contributed by atoms with E-state index in [0.29, 0.717) is 16.5 Å². The van der Waals surface area contributed by atoms with Crippen molar-refractivity contribution in [3.8, 4) is 11.1 Å². The van der Waals surface area contributed by atoms with Gasteiger partial charge in [0, 0.05) is 22.7 Å². The van der Waals surface area contributed by atoms with E-state index in [2.05, 4.69) is 25.8 Å². The molecular weight excluding hydrogens is 390 g/mol. The average Bonchev–Trinajstić information content (AvgIpc) is 2.82. The van der Waals surface area contributed by atoms with Crippen molar-refractivity contribution in [1.29, 1.82) is 0 Å². The predicted molar refractivity (Wildman–Crippen MR) is 121 cm³/mol. The maximum Gasteiger partial charge on any atom is 0.269 e. The molecule has 3 aromatic carbocycles. The van der Waals surface area contributed by atoms with E-state index in [0.717, 1.165) is 22.0 Å². The molecule has 1 amide bonds. The highest BCUT2D eigenvalue weighted by Crippen LogP contribution is 2.27. The number of nitrogens with one attached hydrogen (secondary N) is 3. The fourth-order valence-electron chi connectivity index (χ4n) is 3.47. The highest BCUT2D eigenvalue weighted by molar-refractivity contribution is 5.97. The van der Waals surface area contributed by atoms with Gasteiger partial charge in [-0.3, -0.25) is 30.4 Å². The summed E-state index contributed by atoms with van der Waals surface area (Å²) in [5.74, 6) is -0.186. The van der Waals surface area contributed by atoms with Crippen LogP contribution in [0, 0.1) is 0 Å². The van der Waals surface area contributed by atoms with Crippen LogP contribution in [0.25, 0.3) is 32.9 Å². The summed E-state index contributed by atoms with van der Waals surface area (Å²) in [6.45, 7) is 0. The van der Waals surface area contributed by atoms with Gasteiger partial charge in [0.2, 0.25) is 5.95 Å². The summed E-state index contributed by atoms with van der Waals surface area (Å²) in [5.41, 5.74) is 8.83. The van der Waals surface area contributed by atoms with E-state index < -0.39 is 0 Å². The van der Waals surface area contributed by atoms with Crippen LogP contribution in [0.4, 0.5) is 5.95 Å². The standard InChI is InChI=1S/C24H17N5O2/c30-22(28-29-24-26-20-9-2-1-7-19(20)23(31)27-24)17-12-10-15(11-13-17)18-8-3-5-16-6-4-14-25-21(16)18/h1-14H,(H,28,30)(H2,26,27,29,31). The van der Waals surface area contributed by atoms with Crippen molar-refractivity contribution in [2.75, 3.05) is 5.43 Å². The first-order chi connectivity index (χ1) is 15.2. The molecule has 0 fully saturated rings. The zero-order valence-corrected chi connectivity index (χ0v) is 16.3. The number of hydrazine groups is 1. The molecule has 150 valence electrons. The number of aromatic amines is 1. The quantitative estimate of drug-likeness (QED) is 0.393. The minimum atomic E-state index is -0.349. The smallest absolute Gasteiger partial charge is 0.269 e. The number of para-hydroxylation sites is 2. The molecule has 0 spiro atoms. The Kier molecular flexibility index (Phi) is 4.61. The van der Waals surface area contributed by atoms with Crippen molar-refractivity contribution >= 4 is 33.7 Å². The van der Waals surface area contributed by atoms with Crippen LogP contribution in [-0.4, -0.2) is 20.9 Å². The molecule has 2 heterocycles. The van der Waals surface area contributed by atoms with Crippen LogP contribution in [0.1, 0.15) is 10.4 Å². The minimum Gasteiger partial charge on any atom is -0.291 e. The maximum atomic E-state index is 12.5. The van der Waals surface area contributed by atoms with Crippen LogP contribution < -0.4 is 16.4 Å². The molecule has 0 saturated carbocycles. The summed E-state index contributed by atoms with van der Waals surface area (Å²) in [4.78, 5) is 36.0. The average molecular weight is 407 g/mol. The zero-order chi connectivity index (χ0) is 21.2. The van der Waals surface area contributed by atoms with Crippen LogP contribution >= 0.6 is 0 Å². The lowest BCUT2D eigenvalue weighted by molar-refractivity contribution is 0.0962. The fourth-order valence-corrected chi connectivity index (χ4v) is 3.47. The van der Waals surface area contributed by atoms with Gasteiger partial charge in [0.1, 0.15) is 0 Å². The van der Waals surface area contributed by atoms with E-state index in [4.69, 9.17) is 0 Å². The van der Waals surface area contributed by atoms with Crippen molar-refractivity contribution < 1.29 is 4.79 Å². The largest absolute Gasteiger partial charge is 0.291 e. The summed E-state index contributed by atoms with van der Waals surface area (Å²) in [7, 11) is 0. The number of hydrogen-bond acceptors (Lipinski definition) is 5. The molecule has 0 aliphatic rings. The van der Waals surface area contributed by atoms with Gasteiger partial charge in [-0.1, -0.05) is 48.5 Å². The van der Waals surface area contributed by atoms with Crippen LogP contribution in [0.15, 0.2) is 89.9 Å². The van der Waals surface area contributed by atoms with Crippen molar-refractivity contribution in [3.63, 3.8) is 0 Å². The lowest BCUT2D eigenvalue weighted by Crippen LogP contribution is -2.31. The Morgan fingerprint density at radius 2 is 1.68 bits per heavy atom. The first-order valence-electron chi connectivity index (χ1n) is 9.69. The van der Waals surface area contributed by atoms with Gasteiger partial charge in [-0.05, 0) is 35.9 Å². The van der Waals surface area contributed by atoms with Gasteiger partial charge in [0.25, 0.3) is 11.5 Å². The van der Waals surface area contributed by atoms with Crippen LogP contribution in [0.5, 0.6) is 0 Å². The molecule has 0 aliphatic heterocycles. The Morgan fingerprint density at radius 3 is 2.55 bits per heavy atom. The zero-order valence-electron chi connectivity index (χ0n) is 16.3. The lowest BCUT2D eigenvalue weighted by Gasteiger charge is -2.09. The van der Waals surface area contributed by atoms with Crippen molar-refractivity contribution in [2.45, 2.75) is 0 Å². The van der Waals surface area contributed by atoms with Gasteiger partial charge in [0.15, 0.2) is 0 Å². The van der Waals surface area contributed by atoms with Gasteiger partial charge in [-0.15, -0.1) is 0 Å². The summed E-state index contributed by atoms with van der Waals surface area (Å²) in [6.07, 6.45) is 1.77. The van der Waals surface area contributed by atoms with Gasteiger partial charge >= 0.3 is 0 Å². The summed E-state index contributed by atoms with van der Waals surface area (Å²) in [6, 6.07) is 24.2. The third-order valence-electron chi connectivity index (χ3n) is 5.00. The molecule has 2 aromatic heterocycles. The maximum absolute atomic E-state index is 12.5. The van der Waals surface area contributed by atoms with Crippen LogP contribution in [-0.2, 0) is 0 Å². The normalized spacial score (nSPS) is 10.8. The van der Waals surface area contributed by atoms with E-state index in [1.54, 1.807) is 42.6 Å². The van der Waals surface area contributed by atoms with Crippen LogP contribution in [0.3, 0.4) is 0 Å². The number of nitrogens with zero attached hydrogens (tertiary/aromatic N) is 2. The Bertz CT molecular complexity index is 1470. The molecule has 0 saturated heterocycles. The van der Waals surface area contributed by atoms with Crippen LogP contribution in [0.2, 0.25) is 0 Å². The molecule has 0 aliphatic carbocycles. The minimum absolute atomic E-state index is 0.162. The van der Waals surface area contributed by atoms with Crippen molar-refractivity contribution in [2.24, 2.45) is 0 Å². The number of carbonyl (C=O) groups is 1. The van der Waals surface area contributed by atoms with E-state index >= 15 is 0 Å². The SMILES string of the molecule is O=C(NNc1nc2ccccc2c(=O)[nH]1)c1ccc(-c2cccc3cccnc23)cc1. The summed E-state index contributed by atoms with van der Waals surface area (Å²) < 4.78 is 0. The van der Waals surface area contributed by atoms with Gasteiger partial charge in [-0.25, -0.2) is 4.98 Å². The number of rotatable bonds is 4. The highest BCUT2D eigenvalue weighted by atomic mass is 16.2. The fraction of sp³-hybridized carbons (Fsp3) is 0. The number of fused-ring (bicyclic) bond motifs is 2. The number of aromatic nitrogens is 3. The Hall–Kier alpha value is -4.52.